The molecule has 4 atom stereocenters. The van der Waals surface area contributed by atoms with Crippen LogP contribution in [0.1, 0.15) is 50.0 Å². The summed E-state index contributed by atoms with van der Waals surface area (Å²) in [4.78, 5) is 40.8. The molecule has 0 spiro atoms. The highest BCUT2D eigenvalue weighted by atomic mass is 16.6. The van der Waals surface area contributed by atoms with Gasteiger partial charge < -0.3 is 31.0 Å². The number of nitrogens with one attached hydrogen (secondary N) is 1. The van der Waals surface area contributed by atoms with E-state index in [4.69, 9.17) is 25.7 Å². The molecule has 5 N–H and O–H groups in total. The van der Waals surface area contributed by atoms with Crippen molar-refractivity contribution in [1.82, 2.24) is 14.9 Å². The zero-order valence-electron chi connectivity index (χ0n) is 20.3. The van der Waals surface area contributed by atoms with Crippen molar-refractivity contribution in [2.24, 2.45) is 17.6 Å². The van der Waals surface area contributed by atoms with Gasteiger partial charge in [0.15, 0.2) is 24.1 Å². The molecule has 1 fully saturated rings. The van der Waals surface area contributed by atoms with Crippen LogP contribution in [0.5, 0.6) is 0 Å². The molecule has 2 heterocycles. The summed E-state index contributed by atoms with van der Waals surface area (Å²) in [7, 11) is 0. The van der Waals surface area contributed by atoms with Gasteiger partial charge in [-0.2, -0.15) is 0 Å². The molecule has 3 rings (SSSR count). The fraction of sp³-hybridized carbons (Fsp3) is 0.500. The predicted octanol–water partition coefficient (Wildman–Crippen LogP) is 1.39. The van der Waals surface area contributed by atoms with Gasteiger partial charge in [0, 0.05) is 13.1 Å². The molecule has 35 heavy (non-hydrogen) atoms. The van der Waals surface area contributed by atoms with Crippen LogP contribution in [0.2, 0.25) is 0 Å². The van der Waals surface area contributed by atoms with E-state index in [0.29, 0.717) is 6.54 Å². The Balaban J connectivity index is 1.91. The first-order chi connectivity index (χ1) is 16.6. The van der Waals surface area contributed by atoms with Crippen LogP contribution in [0, 0.1) is 11.8 Å². The Hall–Kier alpha value is -3.44. The number of benzene rings is 1. The minimum Gasteiger partial charge on any atom is -0.455 e. The number of hydrogen-bond donors (Lipinski definition) is 3. The van der Waals surface area contributed by atoms with E-state index in [9.17, 15) is 14.4 Å². The fourth-order valence-electron chi connectivity index (χ4n) is 3.62. The number of nitrogens with zero attached hydrogens (tertiary/aromatic N) is 2. The third-order valence-electron chi connectivity index (χ3n) is 5.59. The zero-order valence-corrected chi connectivity index (χ0v) is 20.3. The smallest absolute Gasteiger partial charge is 0.308 e. The van der Waals surface area contributed by atoms with Crippen LogP contribution in [0.15, 0.2) is 36.7 Å². The normalized spacial score (nSPS) is 21.9. The summed E-state index contributed by atoms with van der Waals surface area (Å²) in [6.45, 7) is 7.64. The van der Waals surface area contributed by atoms with Crippen molar-refractivity contribution in [3.05, 3.63) is 47.9 Å². The van der Waals surface area contributed by atoms with Crippen molar-refractivity contribution in [1.29, 1.82) is 0 Å². The summed E-state index contributed by atoms with van der Waals surface area (Å²) in [5, 5.41) is 3.30. The van der Waals surface area contributed by atoms with Gasteiger partial charge in [-0.1, -0.05) is 58.0 Å². The number of anilines is 1. The van der Waals surface area contributed by atoms with Gasteiger partial charge in [0.2, 0.25) is 0 Å². The quantitative estimate of drug-likeness (QED) is 0.421. The number of ether oxygens (including phenoxy) is 3. The van der Waals surface area contributed by atoms with Gasteiger partial charge in [-0.05, 0) is 5.56 Å². The molecule has 2 aromatic rings. The first-order valence-corrected chi connectivity index (χ1v) is 11.5. The molecule has 1 aromatic heterocycles. The highest BCUT2D eigenvalue weighted by Crippen LogP contribution is 2.36. The van der Waals surface area contributed by atoms with Crippen molar-refractivity contribution >= 4 is 23.7 Å². The molecular weight excluding hydrogens is 454 g/mol. The second-order valence-corrected chi connectivity index (χ2v) is 9.04. The van der Waals surface area contributed by atoms with Crippen molar-refractivity contribution < 1.29 is 28.6 Å². The van der Waals surface area contributed by atoms with Gasteiger partial charge in [-0.25, -0.2) is 4.98 Å². The topological polar surface area (TPSA) is 161 Å². The van der Waals surface area contributed by atoms with E-state index in [0.717, 1.165) is 5.56 Å². The van der Waals surface area contributed by atoms with E-state index in [1.165, 1.54) is 10.9 Å². The van der Waals surface area contributed by atoms with E-state index in [2.05, 4.69) is 10.3 Å². The molecule has 1 amide bonds. The van der Waals surface area contributed by atoms with Crippen LogP contribution in [-0.4, -0.2) is 52.3 Å². The Labute approximate surface area is 204 Å². The van der Waals surface area contributed by atoms with Gasteiger partial charge >= 0.3 is 11.9 Å². The van der Waals surface area contributed by atoms with Crippen LogP contribution in [-0.2, 0) is 30.3 Å². The first-order valence-electron chi connectivity index (χ1n) is 11.5. The molecule has 11 nitrogen and oxygen atoms in total. The molecule has 0 unspecified atom stereocenters. The van der Waals surface area contributed by atoms with Gasteiger partial charge in [0.25, 0.3) is 5.91 Å². The SMILES string of the molecule is CC(C)C(=O)O[C@@H]1[C@H](OC(=O)C(C)C)[C@@H](CNCc2ccccc2)O[C@H]1n1cnc(C(N)=O)c1N. The number of imidazole rings is 1. The molecule has 190 valence electrons. The van der Waals surface area contributed by atoms with Gasteiger partial charge in [0.05, 0.1) is 18.2 Å². The van der Waals surface area contributed by atoms with Crippen molar-refractivity contribution in [2.75, 3.05) is 12.3 Å². The minimum absolute atomic E-state index is 0.0417. The van der Waals surface area contributed by atoms with Crippen LogP contribution in [0.25, 0.3) is 0 Å². The minimum atomic E-state index is -1.03. The molecule has 1 aromatic carbocycles. The number of primary amides is 1. The number of carbonyl (C=O) groups is 3. The second-order valence-electron chi connectivity index (χ2n) is 9.04. The third-order valence-corrected chi connectivity index (χ3v) is 5.59. The number of hydrogen-bond acceptors (Lipinski definition) is 9. The Morgan fingerprint density at radius 1 is 1.06 bits per heavy atom. The Morgan fingerprint density at radius 3 is 2.20 bits per heavy atom. The average molecular weight is 488 g/mol. The fourth-order valence-corrected chi connectivity index (χ4v) is 3.62. The first kappa shape index (κ1) is 26.2. The molecule has 1 aliphatic heterocycles. The summed E-state index contributed by atoms with van der Waals surface area (Å²) in [6.07, 6.45) is -2.35. The molecule has 11 heteroatoms. The Kier molecular flexibility index (Phi) is 8.47. The van der Waals surface area contributed by atoms with E-state index in [1.54, 1.807) is 27.7 Å². The van der Waals surface area contributed by atoms with Crippen molar-refractivity contribution in [3.63, 3.8) is 0 Å². The maximum Gasteiger partial charge on any atom is 0.308 e. The predicted molar refractivity (Wildman–Crippen MR) is 127 cm³/mol. The van der Waals surface area contributed by atoms with E-state index in [-0.39, 0.29) is 18.1 Å². The molecule has 1 aliphatic rings. The lowest BCUT2D eigenvalue weighted by atomic mass is 10.1. The average Bonchev–Trinajstić information content (AvgIpc) is 3.34. The second kappa shape index (κ2) is 11.3. The Bertz CT molecular complexity index is 1040. The zero-order chi connectivity index (χ0) is 25.7. The van der Waals surface area contributed by atoms with Crippen LogP contribution >= 0.6 is 0 Å². The largest absolute Gasteiger partial charge is 0.455 e. The van der Waals surface area contributed by atoms with Gasteiger partial charge in [-0.15, -0.1) is 0 Å². The monoisotopic (exact) mass is 487 g/mol. The molecular formula is C24H33N5O6. The van der Waals surface area contributed by atoms with E-state index in [1.807, 2.05) is 30.3 Å². The highest BCUT2D eigenvalue weighted by molar-refractivity contribution is 5.95. The number of rotatable bonds is 10. The van der Waals surface area contributed by atoms with Gasteiger partial charge in [0.1, 0.15) is 11.9 Å². The lowest BCUT2D eigenvalue weighted by molar-refractivity contribution is -0.172. The van der Waals surface area contributed by atoms with Crippen molar-refractivity contribution in [2.45, 2.75) is 58.8 Å². The highest BCUT2D eigenvalue weighted by Gasteiger charge is 2.51. The van der Waals surface area contributed by atoms with E-state index < -0.39 is 54.2 Å². The number of carbonyl (C=O) groups excluding carboxylic acids is 3. The number of nitrogens with two attached hydrogens (primary N) is 2. The maximum atomic E-state index is 12.6. The molecule has 0 aliphatic carbocycles. The number of aromatic nitrogens is 2. The molecule has 0 radical (unpaired) electrons. The number of amides is 1. The summed E-state index contributed by atoms with van der Waals surface area (Å²) in [6, 6.07) is 9.76. The standard InChI is InChI=1S/C24H33N5O6/c1-13(2)23(31)34-18-16(11-27-10-15-8-6-5-7-9-15)33-22(19(18)35-24(32)14(3)4)29-12-28-17(20(29)25)21(26)30/h5-9,12-14,16,18-19,22,27H,10-11,25H2,1-4H3,(H2,26,30)/t16-,18-,19-,22-/m1/s1. The van der Waals surface area contributed by atoms with Crippen LogP contribution in [0.4, 0.5) is 5.82 Å². The van der Waals surface area contributed by atoms with E-state index >= 15 is 0 Å². The van der Waals surface area contributed by atoms with Crippen LogP contribution in [0.3, 0.4) is 0 Å². The lowest BCUT2D eigenvalue weighted by Gasteiger charge is -2.26. The Morgan fingerprint density at radius 2 is 1.66 bits per heavy atom. The lowest BCUT2D eigenvalue weighted by Crippen LogP contribution is -2.44. The molecule has 0 saturated carbocycles. The summed E-state index contributed by atoms with van der Waals surface area (Å²) < 4.78 is 19.1. The summed E-state index contributed by atoms with van der Waals surface area (Å²) >= 11 is 0. The molecule has 1 saturated heterocycles. The third kappa shape index (κ3) is 6.17. The molecule has 0 bridgehead atoms. The number of nitrogen functional groups attached to an aromatic ring is 1. The number of esters is 2. The van der Waals surface area contributed by atoms with Crippen molar-refractivity contribution in [3.8, 4) is 0 Å². The van der Waals surface area contributed by atoms with Gasteiger partial charge in [-0.3, -0.25) is 19.0 Å². The summed E-state index contributed by atoms with van der Waals surface area (Å²) in [5.41, 5.74) is 12.4. The van der Waals surface area contributed by atoms with Crippen LogP contribution < -0.4 is 16.8 Å². The maximum absolute atomic E-state index is 12.6. The summed E-state index contributed by atoms with van der Waals surface area (Å²) in [5.74, 6) is -2.66.